The van der Waals surface area contributed by atoms with Crippen LogP contribution in [0, 0.1) is 0 Å². The lowest BCUT2D eigenvalue weighted by Crippen LogP contribution is -2.54. The summed E-state index contributed by atoms with van der Waals surface area (Å²) >= 11 is 6.13. The van der Waals surface area contributed by atoms with E-state index in [1.165, 1.54) is 6.42 Å². The number of aromatic nitrogens is 1. The summed E-state index contributed by atoms with van der Waals surface area (Å²) in [5.74, 6) is 0.448. The van der Waals surface area contributed by atoms with E-state index in [1.54, 1.807) is 12.3 Å². The van der Waals surface area contributed by atoms with Gasteiger partial charge in [-0.3, -0.25) is 10.2 Å². The summed E-state index contributed by atoms with van der Waals surface area (Å²) in [4.78, 5) is 16.6. The average molecular weight is 311 g/mol. The summed E-state index contributed by atoms with van der Waals surface area (Å²) < 4.78 is 0. The lowest BCUT2D eigenvalue weighted by molar-refractivity contribution is 0.0369. The summed E-state index contributed by atoms with van der Waals surface area (Å²) in [6.07, 6.45) is 4.96. The SMILES string of the molecule is CCNc1ncc(C(=O)NN2C(C)CCCC2C)cc1Cl. The van der Waals surface area contributed by atoms with Crippen molar-refractivity contribution < 1.29 is 4.79 Å². The minimum atomic E-state index is -0.159. The molecule has 1 aromatic rings. The number of nitrogens with zero attached hydrogens (tertiary/aromatic N) is 2. The molecule has 1 fully saturated rings. The molecule has 0 spiro atoms. The second kappa shape index (κ2) is 7.09. The van der Waals surface area contributed by atoms with Crippen molar-refractivity contribution in [1.82, 2.24) is 15.4 Å². The zero-order valence-electron chi connectivity index (χ0n) is 12.8. The zero-order chi connectivity index (χ0) is 15.4. The Balaban J connectivity index is 2.07. The summed E-state index contributed by atoms with van der Waals surface area (Å²) in [6, 6.07) is 2.35. The molecule has 5 nitrogen and oxygen atoms in total. The number of rotatable bonds is 4. The summed E-state index contributed by atoms with van der Waals surface area (Å²) in [7, 11) is 0. The van der Waals surface area contributed by atoms with Crippen molar-refractivity contribution in [3.8, 4) is 0 Å². The van der Waals surface area contributed by atoms with Gasteiger partial charge in [0.05, 0.1) is 10.6 Å². The molecule has 1 aliphatic heterocycles. The quantitative estimate of drug-likeness (QED) is 0.897. The Morgan fingerprint density at radius 2 is 2.10 bits per heavy atom. The summed E-state index contributed by atoms with van der Waals surface area (Å²) in [5.41, 5.74) is 3.47. The highest BCUT2D eigenvalue weighted by atomic mass is 35.5. The molecule has 2 unspecified atom stereocenters. The van der Waals surface area contributed by atoms with Crippen molar-refractivity contribution in [3.63, 3.8) is 0 Å². The number of amides is 1. The fraction of sp³-hybridized carbons (Fsp3) is 0.600. The number of carbonyl (C=O) groups excluding carboxylic acids is 1. The normalized spacial score (nSPS) is 22.9. The number of hydrazine groups is 1. The summed E-state index contributed by atoms with van der Waals surface area (Å²) in [6.45, 7) is 6.98. The van der Waals surface area contributed by atoms with Gasteiger partial charge in [0.2, 0.25) is 0 Å². The van der Waals surface area contributed by atoms with Crippen LogP contribution in [0.2, 0.25) is 5.02 Å². The van der Waals surface area contributed by atoms with Crippen molar-refractivity contribution in [2.45, 2.75) is 52.1 Å². The van der Waals surface area contributed by atoms with Crippen molar-refractivity contribution in [2.75, 3.05) is 11.9 Å². The van der Waals surface area contributed by atoms with Crippen LogP contribution in [-0.2, 0) is 0 Å². The highest BCUT2D eigenvalue weighted by Crippen LogP contribution is 2.22. The molecule has 116 valence electrons. The molecule has 6 heteroatoms. The zero-order valence-corrected chi connectivity index (χ0v) is 13.6. The smallest absolute Gasteiger partial charge is 0.267 e. The molecule has 2 heterocycles. The number of halogens is 1. The molecule has 0 saturated carbocycles. The average Bonchev–Trinajstić information content (AvgIpc) is 2.45. The lowest BCUT2D eigenvalue weighted by atomic mass is 10.00. The molecule has 0 bridgehead atoms. The van der Waals surface area contributed by atoms with Crippen LogP contribution in [0.25, 0.3) is 0 Å². The molecule has 1 amide bonds. The lowest BCUT2D eigenvalue weighted by Gasteiger charge is -2.38. The molecule has 21 heavy (non-hydrogen) atoms. The Bertz CT molecular complexity index is 498. The van der Waals surface area contributed by atoms with E-state index in [2.05, 4.69) is 29.6 Å². The van der Waals surface area contributed by atoms with Crippen molar-refractivity contribution in [1.29, 1.82) is 0 Å². The Kier molecular flexibility index (Phi) is 5.42. The van der Waals surface area contributed by atoms with Crippen molar-refractivity contribution in [2.24, 2.45) is 0 Å². The van der Waals surface area contributed by atoms with E-state index < -0.39 is 0 Å². The third kappa shape index (κ3) is 3.86. The predicted octanol–water partition coefficient (Wildman–Crippen LogP) is 3.07. The number of pyridine rings is 1. The van der Waals surface area contributed by atoms with E-state index >= 15 is 0 Å². The molecule has 1 aromatic heterocycles. The first-order chi connectivity index (χ1) is 10.0. The van der Waals surface area contributed by atoms with Gasteiger partial charge in [0.1, 0.15) is 5.82 Å². The van der Waals surface area contributed by atoms with E-state index in [0.717, 1.165) is 19.4 Å². The van der Waals surface area contributed by atoms with Crippen LogP contribution in [-0.4, -0.2) is 34.5 Å². The fourth-order valence-corrected chi connectivity index (χ4v) is 2.92. The Labute approximate surface area is 131 Å². The van der Waals surface area contributed by atoms with Crippen LogP contribution in [0.5, 0.6) is 0 Å². The van der Waals surface area contributed by atoms with Crippen LogP contribution >= 0.6 is 11.6 Å². The minimum Gasteiger partial charge on any atom is -0.369 e. The van der Waals surface area contributed by atoms with E-state index in [0.29, 0.717) is 28.5 Å². The molecule has 0 aliphatic carbocycles. The van der Waals surface area contributed by atoms with Crippen LogP contribution in [0.3, 0.4) is 0 Å². The molecule has 0 aromatic carbocycles. The number of piperidine rings is 1. The van der Waals surface area contributed by atoms with Crippen molar-refractivity contribution in [3.05, 3.63) is 22.8 Å². The van der Waals surface area contributed by atoms with Crippen LogP contribution < -0.4 is 10.7 Å². The number of anilines is 1. The van der Waals surface area contributed by atoms with Gasteiger partial charge in [-0.05, 0) is 39.7 Å². The number of nitrogens with one attached hydrogen (secondary N) is 2. The molecule has 1 aliphatic rings. The van der Waals surface area contributed by atoms with Gasteiger partial charge >= 0.3 is 0 Å². The fourth-order valence-electron chi connectivity index (χ4n) is 2.68. The molecule has 2 N–H and O–H groups in total. The van der Waals surface area contributed by atoms with Gasteiger partial charge in [-0.15, -0.1) is 0 Å². The van der Waals surface area contributed by atoms with Crippen molar-refractivity contribution >= 4 is 23.3 Å². The second-order valence-corrected chi connectivity index (χ2v) is 5.97. The van der Waals surface area contributed by atoms with Gasteiger partial charge in [-0.2, -0.15) is 0 Å². The van der Waals surface area contributed by atoms with E-state index in [-0.39, 0.29) is 5.91 Å². The predicted molar refractivity (Wildman–Crippen MR) is 85.5 cm³/mol. The maximum absolute atomic E-state index is 12.4. The van der Waals surface area contributed by atoms with Gasteiger partial charge in [-0.25, -0.2) is 9.99 Å². The van der Waals surface area contributed by atoms with Crippen LogP contribution in [0.4, 0.5) is 5.82 Å². The molecule has 0 radical (unpaired) electrons. The maximum Gasteiger partial charge on any atom is 0.267 e. The Morgan fingerprint density at radius 1 is 1.43 bits per heavy atom. The number of hydrogen-bond donors (Lipinski definition) is 2. The molecule has 2 rings (SSSR count). The highest BCUT2D eigenvalue weighted by molar-refractivity contribution is 6.33. The van der Waals surface area contributed by atoms with Gasteiger partial charge < -0.3 is 5.32 Å². The Morgan fingerprint density at radius 3 is 2.67 bits per heavy atom. The van der Waals surface area contributed by atoms with Crippen LogP contribution in [0.15, 0.2) is 12.3 Å². The maximum atomic E-state index is 12.4. The van der Waals surface area contributed by atoms with E-state index in [9.17, 15) is 4.79 Å². The first-order valence-corrected chi connectivity index (χ1v) is 7.89. The van der Waals surface area contributed by atoms with E-state index in [1.807, 2.05) is 11.9 Å². The topological polar surface area (TPSA) is 57.3 Å². The first-order valence-electron chi connectivity index (χ1n) is 7.51. The molecule has 1 saturated heterocycles. The largest absolute Gasteiger partial charge is 0.369 e. The minimum absolute atomic E-state index is 0.159. The highest BCUT2D eigenvalue weighted by Gasteiger charge is 2.26. The second-order valence-electron chi connectivity index (χ2n) is 5.56. The Hall–Kier alpha value is -1.33. The van der Waals surface area contributed by atoms with Gasteiger partial charge in [0.15, 0.2) is 0 Å². The van der Waals surface area contributed by atoms with Crippen LogP contribution in [0.1, 0.15) is 50.4 Å². The summed E-state index contributed by atoms with van der Waals surface area (Å²) in [5, 5.41) is 5.55. The first kappa shape index (κ1) is 16.0. The number of carbonyl (C=O) groups is 1. The van der Waals surface area contributed by atoms with E-state index in [4.69, 9.17) is 11.6 Å². The molecular weight excluding hydrogens is 288 g/mol. The third-order valence-electron chi connectivity index (χ3n) is 3.87. The monoisotopic (exact) mass is 310 g/mol. The van der Waals surface area contributed by atoms with Gasteiger partial charge in [-0.1, -0.05) is 18.0 Å². The molecular formula is C15H23ClN4O. The third-order valence-corrected chi connectivity index (χ3v) is 4.16. The standard InChI is InChI=1S/C15H23ClN4O/c1-4-17-14-13(16)8-12(9-18-14)15(21)19-20-10(2)6-5-7-11(20)3/h8-11H,4-7H2,1-3H3,(H,17,18)(H,19,21). The molecule has 2 atom stereocenters. The van der Waals surface area contributed by atoms with Gasteiger partial charge in [0, 0.05) is 24.8 Å². The van der Waals surface area contributed by atoms with Gasteiger partial charge in [0.25, 0.3) is 5.91 Å². The number of hydrogen-bond acceptors (Lipinski definition) is 4.